The maximum absolute atomic E-state index is 10.6. The van der Waals surface area contributed by atoms with E-state index >= 15 is 0 Å². The minimum atomic E-state index is -0.855. The van der Waals surface area contributed by atoms with Crippen LogP contribution in [-0.2, 0) is 17.8 Å². The summed E-state index contributed by atoms with van der Waals surface area (Å²) in [6.07, 6.45) is 0.762. The molecule has 0 fully saturated rings. The number of aryl methyl sites for hydroxylation is 2. The normalized spacial score (nSPS) is 10.8. The van der Waals surface area contributed by atoms with Gasteiger partial charge in [0.25, 0.3) is 0 Å². The van der Waals surface area contributed by atoms with Crippen molar-refractivity contribution in [2.45, 2.75) is 32.0 Å². The number of hydrogen-bond acceptors (Lipinski definition) is 6. The van der Waals surface area contributed by atoms with E-state index in [0.29, 0.717) is 11.7 Å². The van der Waals surface area contributed by atoms with Gasteiger partial charge in [0.05, 0.1) is 23.5 Å². The molecule has 102 valence electrons. The number of aromatic nitrogens is 4. The van der Waals surface area contributed by atoms with Gasteiger partial charge < -0.3 is 9.67 Å². The summed E-state index contributed by atoms with van der Waals surface area (Å²) < 4.78 is 1.97. The fourth-order valence-corrected chi connectivity index (χ4v) is 3.04. The Kier molecular flexibility index (Phi) is 4.54. The molecule has 0 unspecified atom stereocenters. The van der Waals surface area contributed by atoms with Crippen LogP contribution in [0.2, 0.25) is 0 Å². The molecular weight excluding hydrogens is 284 g/mol. The van der Waals surface area contributed by atoms with Gasteiger partial charge in [-0.3, -0.25) is 4.79 Å². The second-order valence-electron chi connectivity index (χ2n) is 3.88. The van der Waals surface area contributed by atoms with Crippen LogP contribution in [0.3, 0.4) is 0 Å². The second-order valence-corrected chi connectivity index (χ2v) is 5.76. The molecule has 6 nitrogen and oxygen atoms in total. The molecule has 0 bridgehead atoms. The zero-order valence-electron chi connectivity index (χ0n) is 10.7. The van der Waals surface area contributed by atoms with Crippen LogP contribution in [0.4, 0.5) is 0 Å². The van der Waals surface area contributed by atoms with Crippen molar-refractivity contribution in [3.8, 4) is 0 Å². The minimum Gasteiger partial charge on any atom is -0.481 e. The van der Waals surface area contributed by atoms with E-state index in [2.05, 4.69) is 15.2 Å². The predicted molar refractivity (Wildman–Crippen MR) is 73.7 cm³/mol. The summed E-state index contributed by atoms with van der Waals surface area (Å²) in [4.78, 5) is 16.0. The smallest absolute Gasteiger partial charge is 0.313 e. The standard InChI is InChI=1S/C11H14N4O2S2/c1-3-9-13-14-11(18-5-10(16)17)15(9)4-8-7(2)12-6-19-8/h6H,3-5H2,1-2H3,(H,16,17). The molecule has 0 saturated heterocycles. The average molecular weight is 298 g/mol. The van der Waals surface area contributed by atoms with Gasteiger partial charge in [0.15, 0.2) is 5.16 Å². The van der Waals surface area contributed by atoms with E-state index < -0.39 is 5.97 Å². The van der Waals surface area contributed by atoms with Crippen LogP contribution in [-0.4, -0.2) is 36.6 Å². The van der Waals surface area contributed by atoms with Crippen molar-refractivity contribution in [3.05, 3.63) is 21.9 Å². The molecule has 1 N–H and O–H groups in total. The highest BCUT2D eigenvalue weighted by molar-refractivity contribution is 7.99. The molecular formula is C11H14N4O2S2. The summed E-state index contributed by atoms with van der Waals surface area (Å²) >= 11 is 2.78. The molecule has 0 aliphatic rings. The molecule has 0 spiro atoms. The summed E-state index contributed by atoms with van der Waals surface area (Å²) in [7, 11) is 0. The number of thioether (sulfide) groups is 1. The second kappa shape index (κ2) is 6.16. The van der Waals surface area contributed by atoms with Crippen molar-refractivity contribution < 1.29 is 9.90 Å². The third kappa shape index (κ3) is 3.32. The van der Waals surface area contributed by atoms with Crippen LogP contribution in [0, 0.1) is 6.92 Å². The van der Waals surface area contributed by atoms with Crippen molar-refractivity contribution in [2.75, 3.05) is 5.75 Å². The van der Waals surface area contributed by atoms with Crippen molar-refractivity contribution in [1.29, 1.82) is 0 Å². The maximum atomic E-state index is 10.6. The SMILES string of the molecule is CCc1nnc(SCC(=O)O)n1Cc1scnc1C. The number of rotatable bonds is 6. The van der Waals surface area contributed by atoms with E-state index in [-0.39, 0.29) is 5.75 Å². The van der Waals surface area contributed by atoms with Crippen molar-refractivity contribution >= 4 is 29.1 Å². The largest absolute Gasteiger partial charge is 0.481 e. The highest BCUT2D eigenvalue weighted by Gasteiger charge is 2.14. The van der Waals surface area contributed by atoms with E-state index in [1.54, 1.807) is 11.3 Å². The van der Waals surface area contributed by atoms with Crippen molar-refractivity contribution in [2.24, 2.45) is 0 Å². The molecule has 0 atom stereocenters. The highest BCUT2D eigenvalue weighted by atomic mass is 32.2. The van der Waals surface area contributed by atoms with Gasteiger partial charge in [-0.2, -0.15) is 0 Å². The molecule has 2 rings (SSSR count). The van der Waals surface area contributed by atoms with Gasteiger partial charge in [-0.25, -0.2) is 4.98 Å². The van der Waals surface area contributed by atoms with Gasteiger partial charge in [-0.15, -0.1) is 21.5 Å². The first kappa shape index (κ1) is 14.0. The molecule has 0 saturated carbocycles. The van der Waals surface area contributed by atoms with E-state index in [1.165, 1.54) is 11.8 Å². The predicted octanol–water partition coefficient (Wildman–Crippen LogP) is 1.83. The molecule has 19 heavy (non-hydrogen) atoms. The van der Waals surface area contributed by atoms with Crippen LogP contribution in [0.5, 0.6) is 0 Å². The summed E-state index contributed by atoms with van der Waals surface area (Å²) in [6.45, 7) is 4.62. The number of carboxylic acid groups (broad SMARTS) is 1. The van der Waals surface area contributed by atoms with Gasteiger partial charge >= 0.3 is 5.97 Å². The molecule has 0 amide bonds. The van der Waals surface area contributed by atoms with Crippen molar-refractivity contribution in [1.82, 2.24) is 19.7 Å². The Balaban J connectivity index is 2.23. The summed E-state index contributed by atoms with van der Waals surface area (Å²) in [5.74, 6) is -0.00368. The number of carbonyl (C=O) groups is 1. The Bertz CT molecular complexity index is 579. The average Bonchev–Trinajstić information content (AvgIpc) is 2.95. The maximum Gasteiger partial charge on any atom is 0.313 e. The minimum absolute atomic E-state index is 0.0104. The lowest BCUT2D eigenvalue weighted by atomic mass is 10.3. The molecule has 0 radical (unpaired) electrons. The fourth-order valence-electron chi connectivity index (χ4n) is 1.59. The Morgan fingerprint density at radius 2 is 2.32 bits per heavy atom. The Hall–Kier alpha value is -1.41. The third-order valence-corrected chi connectivity index (χ3v) is 4.45. The van der Waals surface area contributed by atoms with Crippen molar-refractivity contribution in [3.63, 3.8) is 0 Å². The first-order valence-corrected chi connectivity index (χ1v) is 7.64. The fraction of sp³-hybridized carbons (Fsp3) is 0.455. The van der Waals surface area contributed by atoms with Gasteiger partial charge in [0.1, 0.15) is 5.82 Å². The summed E-state index contributed by atoms with van der Waals surface area (Å²) in [5.41, 5.74) is 2.81. The number of thiazole rings is 1. The molecule has 2 heterocycles. The Morgan fingerprint density at radius 3 is 2.89 bits per heavy atom. The quantitative estimate of drug-likeness (QED) is 0.819. The van der Waals surface area contributed by atoms with Crippen LogP contribution >= 0.6 is 23.1 Å². The lowest BCUT2D eigenvalue weighted by Crippen LogP contribution is -2.07. The zero-order valence-corrected chi connectivity index (χ0v) is 12.3. The van der Waals surface area contributed by atoms with Crippen LogP contribution in [0.25, 0.3) is 0 Å². The third-order valence-electron chi connectivity index (χ3n) is 2.58. The zero-order chi connectivity index (χ0) is 13.8. The number of carboxylic acids is 1. The number of hydrogen-bond donors (Lipinski definition) is 1. The molecule has 0 aromatic carbocycles. The topological polar surface area (TPSA) is 80.9 Å². The van der Waals surface area contributed by atoms with E-state index in [0.717, 1.165) is 22.8 Å². The van der Waals surface area contributed by atoms with E-state index in [1.807, 2.05) is 23.9 Å². The molecule has 8 heteroatoms. The van der Waals surface area contributed by atoms with Gasteiger partial charge in [-0.1, -0.05) is 18.7 Å². The summed E-state index contributed by atoms with van der Waals surface area (Å²) in [5, 5.41) is 17.6. The van der Waals surface area contributed by atoms with Gasteiger partial charge in [0, 0.05) is 11.3 Å². The van der Waals surface area contributed by atoms with Crippen LogP contribution in [0.15, 0.2) is 10.7 Å². The molecule has 2 aromatic heterocycles. The Morgan fingerprint density at radius 1 is 1.53 bits per heavy atom. The molecule has 2 aromatic rings. The van der Waals surface area contributed by atoms with Crippen LogP contribution in [0.1, 0.15) is 23.3 Å². The van der Waals surface area contributed by atoms with Gasteiger partial charge in [0.2, 0.25) is 0 Å². The lowest BCUT2D eigenvalue weighted by Gasteiger charge is -2.07. The van der Waals surface area contributed by atoms with Crippen LogP contribution < -0.4 is 0 Å². The molecule has 0 aliphatic heterocycles. The highest BCUT2D eigenvalue weighted by Crippen LogP contribution is 2.21. The summed E-state index contributed by atoms with van der Waals surface area (Å²) in [6, 6.07) is 0. The van der Waals surface area contributed by atoms with E-state index in [9.17, 15) is 4.79 Å². The monoisotopic (exact) mass is 298 g/mol. The number of nitrogens with zero attached hydrogens (tertiary/aromatic N) is 4. The number of aliphatic carboxylic acids is 1. The molecule has 0 aliphatic carbocycles. The first-order chi connectivity index (χ1) is 9.11. The Labute approximate surface area is 118 Å². The first-order valence-electron chi connectivity index (χ1n) is 5.77. The lowest BCUT2D eigenvalue weighted by molar-refractivity contribution is -0.133. The van der Waals surface area contributed by atoms with Gasteiger partial charge in [-0.05, 0) is 6.92 Å². The van der Waals surface area contributed by atoms with E-state index in [4.69, 9.17) is 5.11 Å².